The summed E-state index contributed by atoms with van der Waals surface area (Å²) < 4.78 is 3.84. The van der Waals surface area contributed by atoms with Crippen molar-refractivity contribution >= 4 is 18.9 Å². The molecule has 0 aliphatic carbocycles. The first-order valence-electron chi connectivity index (χ1n) is 3.97. The Balaban J connectivity index is 0. The van der Waals surface area contributed by atoms with Crippen LogP contribution in [0.4, 0.5) is 0 Å². The summed E-state index contributed by atoms with van der Waals surface area (Å²) in [4.78, 5) is 9.76. The fourth-order valence-corrected chi connectivity index (χ4v) is 0.412. The Hall–Kier alpha value is -0.600. The van der Waals surface area contributed by atoms with Crippen molar-refractivity contribution in [2.75, 3.05) is 26.4 Å². The number of rotatable bonds is 5. The molecule has 0 aliphatic rings. The highest BCUT2D eigenvalue weighted by Crippen LogP contribution is 2.11. The van der Waals surface area contributed by atoms with Gasteiger partial charge in [0.2, 0.25) is 0 Å². The van der Waals surface area contributed by atoms with Gasteiger partial charge in [0.15, 0.2) is 0 Å². The molecule has 0 bridgehead atoms. The second-order valence-electron chi connectivity index (χ2n) is 2.75. The van der Waals surface area contributed by atoms with E-state index in [9.17, 15) is 4.79 Å². The van der Waals surface area contributed by atoms with Gasteiger partial charge in [0.25, 0.3) is 0 Å². The van der Waals surface area contributed by atoms with Gasteiger partial charge in [0, 0.05) is 19.0 Å². The third-order valence-electron chi connectivity index (χ3n) is 1.60. The number of hydrogen-bond acceptors (Lipinski definition) is 7. The van der Waals surface area contributed by atoms with Crippen LogP contribution in [0.3, 0.4) is 0 Å². The number of carbonyl (C=O) groups is 1. The third-order valence-corrected chi connectivity index (χ3v) is 1.78. The van der Waals surface area contributed by atoms with E-state index >= 15 is 0 Å². The van der Waals surface area contributed by atoms with Crippen molar-refractivity contribution in [2.24, 2.45) is 5.41 Å². The van der Waals surface area contributed by atoms with Crippen molar-refractivity contribution in [1.29, 1.82) is 0 Å². The normalized spacial score (nSPS) is 9.93. The van der Waals surface area contributed by atoms with Crippen LogP contribution < -0.4 is 0 Å². The van der Waals surface area contributed by atoms with Gasteiger partial charge in [-0.2, -0.15) is 0 Å². The van der Waals surface area contributed by atoms with Crippen LogP contribution in [0.1, 0.15) is 0 Å². The number of aliphatic hydroxyl groups is 4. The Morgan fingerprint density at radius 1 is 1.20 bits per heavy atom. The van der Waals surface area contributed by atoms with E-state index in [4.69, 9.17) is 20.4 Å². The zero-order chi connectivity index (χ0) is 12.3. The second kappa shape index (κ2) is 9.94. The average molecular weight is 240 g/mol. The summed E-state index contributed by atoms with van der Waals surface area (Å²) in [6.07, 6.45) is 1.03. The lowest BCUT2D eigenvalue weighted by atomic mass is 9.93. The maximum atomic E-state index is 9.76. The van der Waals surface area contributed by atoms with E-state index in [0.717, 1.165) is 6.08 Å². The molecule has 0 rings (SSSR count). The fourth-order valence-electron chi connectivity index (χ4n) is 0.337. The van der Waals surface area contributed by atoms with Crippen LogP contribution in [0.15, 0.2) is 12.7 Å². The predicted molar refractivity (Wildman–Crippen MR) is 56.1 cm³/mol. The monoisotopic (exact) mass is 240 g/mol. The van der Waals surface area contributed by atoms with E-state index in [1.165, 1.54) is 0 Å². The third kappa shape index (κ3) is 7.34. The number of hydrogen-bond donors (Lipinski definition) is 5. The molecule has 0 heterocycles. The predicted octanol–water partition coefficient (Wildman–Crippen LogP) is -1.50. The Morgan fingerprint density at radius 2 is 1.53 bits per heavy atom. The summed E-state index contributed by atoms with van der Waals surface area (Å²) in [5.74, 6) is -0.529. The lowest BCUT2D eigenvalue weighted by molar-refractivity contribution is -0.127. The molecule has 0 aromatic rings. The Bertz CT molecular complexity index is 162. The highest BCUT2D eigenvalue weighted by atomic mass is 32.1. The van der Waals surface area contributed by atoms with Crippen LogP contribution in [-0.2, 0) is 8.98 Å². The highest BCUT2D eigenvalue weighted by molar-refractivity contribution is 7.75. The molecular formula is C8H16O6S. The molecule has 15 heavy (non-hydrogen) atoms. The van der Waals surface area contributed by atoms with Crippen molar-refractivity contribution in [3.8, 4) is 0 Å². The van der Waals surface area contributed by atoms with Gasteiger partial charge in [-0.3, -0.25) is 0 Å². The smallest absolute Gasteiger partial charge is 0.341 e. The summed E-state index contributed by atoms with van der Waals surface area (Å²) in [5, 5.41) is 34.0. The molecule has 0 atom stereocenters. The molecule has 0 amide bonds. The van der Waals surface area contributed by atoms with E-state index in [1.54, 1.807) is 0 Å². The minimum atomic E-state index is -1.11. The molecule has 0 saturated carbocycles. The molecule has 90 valence electrons. The first-order valence-corrected chi connectivity index (χ1v) is 4.33. The minimum Gasteiger partial charge on any atom is -0.396 e. The molecule has 0 fully saturated rings. The van der Waals surface area contributed by atoms with Crippen molar-refractivity contribution in [2.45, 2.75) is 0 Å². The lowest BCUT2D eigenvalue weighted by Gasteiger charge is -2.23. The van der Waals surface area contributed by atoms with E-state index in [1.807, 2.05) is 0 Å². The molecule has 0 radical (unpaired) electrons. The summed E-state index contributed by atoms with van der Waals surface area (Å²) in [5.41, 5.74) is -1.11. The molecule has 6 nitrogen and oxygen atoms in total. The standard InChI is InChI=1S/C5H12O4.C3H4O2S/c6-1-5(2-7,3-8)4-9;1-2-3(4)5-6/h6-9H,1-4H2;2,6H,1H2. The zero-order valence-corrected chi connectivity index (χ0v) is 9.06. The molecule has 0 spiro atoms. The van der Waals surface area contributed by atoms with Crippen LogP contribution in [0.5, 0.6) is 0 Å². The maximum absolute atomic E-state index is 9.76. The lowest BCUT2D eigenvalue weighted by Crippen LogP contribution is -2.37. The van der Waals surface area contributed by atoms with Crippen LogP contribution in [0, 0.1) is 5.41 Å². The van der Waals surface area contributed by atoms with Crippen molar-refractivity contribution < 1.29 is 29.4 Å². The minimum absolute atomic E-state index is 0.406. The van der Waals surface area contributed by atoms with Crippen LogP contribution >= 0.6 is 12.9 Å². The van der Waals surface area contributed by atoms with Crippen LogP contribution in [0.25, 0.3) is 0 Å². The van der Waals surface area contributed by atoms with Crippen molar-refractivity contribution in [3.05, 3.63) is 12.7 Å². The van der Waals surface area contributed by atoms with E-state index in [0.29, 0.717) is 0 Å². The highest BCUT2D eigenvalue weighted by Gasteiger charge is 2.26. The molecular weight excluding hydrogens is 224 g/mol. The van der Waals surface area contributed by atoms with Gasteiger partial charge in [-0.25, -0.2) is 4.79 Å². The van der Waals surface area contributed by atoms with Gasteiger partial charge in [0.1, 0.15) is 0 Å². The Kier molecular flexibility index (Phi) is 11.1. The van der Waals surface area contributed by atoms with E-state index in [2.05, 4.69) is 23.7 Å². The molecule has 4 N–H and O–H groups in total. The number of carbonyl (C=O) groups excluding carboxylic acids is 1. The first-order chi connectivity index (χ1) is 7.05. The van der Waals surface area contributed by atoms with Crippen molar-refractivity contribution in [3.63, 3.8) is 0 Å². The molecule has 0 saturated heterocycles. The van der Waals surface area contributed by atoms with Gasteiger partial charge < -0.3 is 24.6 Å². The van der Waals surface area contributed by atoms with E-state index < -0.39 is 37.8 Å². The molecule has 0 aliphatic heterocycles. The van der Waals surface area contributed by atoms with Gasteiger partial charge in [-0.05, 0) is 0 Å². The first kappa shape index (κ1) is 16.8. The van der Waals surface area contributed by atoms with Gasteiger partial charge in [-0.1, -0.05) is 6.58 Å². The topological polar surface area (TPSA) is 107 Å². The molecule has 7 heteroatoms. The fraction of sp³-hybridized carbons (Fsp3) is 0.625. The van der Waals surface area contributed by atoms with E-state index in [-0.39, 0.29) is 0 Å². The number of aliphatic hydroxyl groups excluding tert-OH is 4. The zero-order valence-electron chi connectivity index (χ0n) is 8.17. The molecule has 0 aromatic heterocycles. The van der Waals surface area contributed by atoms with Crippen LogP contribution in [0.2, 0.25) is 0 Å². The SMILES string of the molecule is C=CC(=O)OS.OCC(CO)(CO)CO. The summed E-state index contributed by atoms with van der Waals surface area (Å²) in [6, 6.07) is 0. The Labute approximate surface area is 93.4 Å². The van der Waals surface area contributed by atoms with Crippen LogP contribution in [-0.4, -0.2) is 52.8 Å². The largest absolute Gasteiger partial charge is 0.396 e. The summed E-state index contributed by atoms with van der Waals surface area (Å²) >= 11 is 3.17. The maximum Gasteiger partial charge on any atom is 0.341 e. The van der Waals surface area contributed by atoms with Gasteiger partial charge >= 0.3 is 5.97 Å². The van der Waals surface area contributed by atoms with Gasteiger partial charge in [0.05, 0.1) is 31.8 Å². The van der Waals surface area contributed by atoms with Gasteiger partial charge in [-0.15, -0.1) is 0 Å². The molecule has 0 unspecified atom stereocenters. The summed E-state index contributed by atoms with van der Waals surface area (Å²) in [7, 11) is 0. The van der Waals surface area contributed by atoms with Crippen molar-refractivity contribution in [1.82, 2.24) is 0 Å². The second-order valence-corrected chi connectivity index (χ2v) is 2.93. The Morgan fingerprint density at radius 3 is 1.53 bits per heavy atom. The summed E-state index contributed by atoms with van der Waals surface area (Å²) in [6.45, 7) is 1.48. The number of thiol groups is 1. The molecule has 0 aromatic carbocycles. The average Bonchev–Trinajstić information content (AvgIpc) is 2.32. The quantitative estimate of drug-likeness (QED) is 0.227.